The number of Topliss-reactive ketones (excluding diaryl/α,β-unsaturated/α-hetero) is 1. The molecule has 0 fully saturated rings. The first-order valence-corrected chi connectivity index (χ1v) is 9.02. The minimum atomic E-state index is -0.786. The number of aliphatic hydroxyl groups excluding tert-OH is 1. The fourth-order valence-electron chi connectivity index (χ4n) is 3.40. The lowest BCUT2D eigenvalue weighted by Gasteiger charge is -2.27. The Labute approximate surface area is 166 Å². The summed E-state index contributed by atoms with van der Waals surface area (Å²) in [5.41, 5.74) is 2.19. The van der Waals surface area contributed by atoms with E-state index in [0.29, 0.717) is 16.3 Å². The summed E-state index contributed by atoms with van der Waals surface area (Å²) in [7, 11) is 0. The maximum Gasteiger partial charge on any atom is 0.294 e. The fourth-order valence-corrected chi connectivity index (χ4v) is 3.53. The third-order valence-electron chi connectivity index (χ3n) is 4.66. The van der Waals surface area contributed by atoms with Crippen LogP contribution in [-0.4, -0.2) is 16.8 Å². The Balaban J connectivity index is 1.89. The first-order valence-electron chi connectivity index (χ1n) is 8.64. The van der Waals surface area contributed by atoms with E-state index in [0.717, 1.165) is 5.56 Å². The zero-order valence-corrected chi connectivity index (χ0v) is 15.7. The molecule has 1 atom stereocenters. The molecule has 3 aromatic rings. The van der Waals surface area contributed by atoms with Crippen LogP contribution in [0.4, 0.5) is 5.69 Å². The lowest BCUT2D eigenvalue weighted by molar-refractivity contribution is -0.117. The summed E-state index contributed by atoms with van der Waals surface area (Å²) in [6, 6.07) is 16.4. The van der Waals surface area contributed by atoms with Gasteiger partial charge in [-0.05, 0) is 48.9 Å². The minimum Gasteiger partial charge on any atom is -0.503 e. The van der Waals surface area contributed by atoms with Gasteiger partial charge in [0.2, 0.25) is 5.78 Å². The third-order valence-corrected chi connectivity index (χ3v) is 4.91. The molecule has 0 saturated heterocycles. The Morgan fingerprint density at radius 1 is 1.11 bits per heavy atom. The maximum atomic E-state index is 13.1. The summed E-state index contributed by atoms with van der Waals surface area (Å²) >= 11 is 5.97. The molecule has 5 nitrogen and oxygen atoms in total. The van der Waals surface area contributed by atoms with Crippen molar-refractivity contribution in [3.63, 3.8) is 0 Å². The van der Waals surface area contributed by atoms with Crippen LogP contribution in [0.3, 0.4) is 0 Å². The Bertz CT molecular complexity index is 1080. The van der Waals surface area contributed by atoms with Crippen LogP contribution in [0.1, 0.15) is 27.7 Å². The number of halogens is 1. The van der Waals surface area contributed by atoms with Crippen LogP contribution >= 0.6 is 11.6 Å². The van der Waals surface area contributed by atoms with Crippen LogP contribution in [0.2, 0.25) is 5.02 Å². The van der Waals surface area contributed by atoms with Gasteiger partial charge in [0.25, 0.3) is 5.91 Å². The molecule has 1 N–H and O–H groups in total. The largest absolute Gasteiger partial charge is 0.503 e. The molecule has 0 aliphatic carbocycles. The van der Waals surface area contributed by atoms with E-state index in [-0.39, 0.29) is 11.3 Å². The number of benzene rings is 2. The van der Waals surface area contributed by atoms with Crippen molar-refractivity contribution in [1.82, 2.24) is 0 Å². The van der Waals surface area contributed by atoms with Gasteiger partial charge in [-0.15, -0.1) is 0 Å². The SMILES string of the molecule is Cc1cccc(C2C(C(=O)c3ccco3)=C(O)C(=O)N2c2ccc(Cl)cc2)c1. The van der Waals surface area contributed by atoms with E-state index in [1.807, 2.05) is 31.2 Å². The van der Waals surface area contributed by atoms with Crippen molar-refractivity contribution in [2.75, 3.05) is 4.90 Å². The van der Waals surface area contributed by atoms with Gasteiger partial charge in [-0.1, -0.05) is 41.4 Å². The molecule has 0 radical (unpaired) electrons. The van der Waals surface area contributed by atoms with Crippen molar-refractivity contribution in [3.05, 3.63) is 100 Å². The molecule has 4 rings (SSSR count). The molecule has 1 aliphatic rings. The second-order valence-electron chi connectivity index (χ2n) is 6.54. The predicted octanol–water partition coefficient (Wildman–Crippen LogP) is 5.02. The molecular weight excluding hydrogens is 378 g/mol. The normalized spacial score (nSPS) is 16.7. The zero-order valence-electron chi connectivity index (χ0n) is 14.9. The maximum absolute atomic E-state index is 13.1. The van der Waals surface area contributed by atoms with E-state index in [1.54, 1.807) is 30.3 Å². The molecule has 0 bridgehead atoms. The van der Waals surface area contributed by atoms with Crippen LogP contribution in [0.15, 0.2) is 82.7 Å². The molecule has 140 valence electrons. The number of amides is 1. The van der Waals surface area contributed by atoms with Gasteiger partial charge in [-0.3, -0.25) is 14.5 Å². The van der Waals surface area contributed by atoms with Crippen LogP contribution in [0.25, 0.3) is 0 Å². The Morgan fingerprint density at radius 2 is 1.86 bits per heavy atom. The molecule has 1 unspecified atom stereocenters. The first kappa shape index (κ1) is 18.1. The monoisotopic (exact) mass is 393 g/mol. The number of furan rings is 1. The van der Waals surface area contributed by atoms with Crippen LogP contribution in [-0.2, 0) is 4.79 Å². The first-order chi connectivity index (χ1) is 13.5. The van der Waals surface area contributed by atoms with E-state index < -0.39 is 23.5 Å². The highest BCUT2D eigenvalue weighted by Gasteiger charge is 2.45. The summed E-state index contributed by atoms with van der Waals surface area (Å²) in [4.78, 5) is 27.4. The number of carbonyl (C=O) groups is 2. The molecule has 6 heteroatoms. The number of anilines is 1. The quantitative estimate of drug-likeness (QED) is 0.631. The smallest absolute Gasteiger partial charge is 0.294 e. The molecule has 2 heterocycles. The van der Waals surface area contributed by atoms with E-state index >= 15 is 0 Å². The highest BCUT2D eigenvalue weighted by molar-refractivity contribution is 6.30. The molecule has 28 heavy (non-hydrogen) atoms. The molecule has 1 aliphatic heterocycles. The van der Waals surface area contributed by atoms with Crippen molar-refractivity contribution in [2.24, 2.45) is 0 Å². The topological polar surface area (TPSA) is 70.7 Å². The lowest BCUT2D eigenvalue weighted by Crippen LogP contribution is -2.31. The van der Waals surface area contributed by atoms with Gasteiger partial charge in [-0.2, -0.15) is 0 Å². The summed E-state index contributed by atoms with van der Waals surface area (Å²) in [5, 5.41) is 11.1. The Hall–Kier alpha value is -3.31. The number of ketones is 1. The van der Waals surface area contributed by atoms with E-state index in [1.165, 1.54) is 17.2 Å². The molecule has 1 amide bonds. The van der Waals surface area contributed by atoms with E-state index in [4.69, 9.17) is 16.0 Å². The highest BCUT2D eigenvalue weighted by Crippen LogP contribution is 2.42. The lowest BCUT2D eigenvalue weighted by atomic mass is 9.94. The van der Waals surface area contributed by atoms with Gasteiger partial charge in [0.15, 0.2) is 11.5 Å². The minimum absolute atomic E-state index is 0.0134. The summed E-state index contributed by atoms with van der Waals surface area (Å²) < 4.78 is 5.21. The van der Waals surface area contributed by atoms with Crippen molar-refractivity contribution in [1.29, 1.82) is 0 Å². The Morgan fingerprint density at radius 3 is 2.50 bits per heavy atom. The number of carbonyl (C=O) groups excluding carboxylic acids is 2. The highest BCUT2D eigenvalue weighted by atomic mass is 35.5. The number of aliphatic hydroxyl groups is 1. The number of rotatable bonds is 4. The van der Waals surface area contributed by atoms with Crippen molar-refractivity contribution in [3.8, 4) is 0 Å². The van der Waals surface area contributed by atoms with Gasteiger partial charge in [0, 0.05) is 10.7 Å². The third kappa shape index (κ3) is 3.00. The van der Waals surface area contributed by atoms with Crippen molar-refractivity contribution < 1.29 is 19.1 Å². The van der Waals surface area contributed by atoms with Crippen molar-refractivity contribution in [2.45, 2.75) is 13.0 Å². The van der Waals surface area contributed by atoms with Crippen LogP contribution in [0.5, 0.6) is 0 Å². The number of aryl methyl sites for hydroxylation is 1. The van der Waals surface area contributed by atoms with Gasteiger partial charge in [0.05, 0.1) is 17.9 Å². The molecular formula is C22H16ClNO4. The number of nitrogens with zero attached hydrogens (tertiary/aromatic N) is 1. The predicted molar refractivity (Wildman–Crippen MR) is 106 cm³/mol. The number of hydrogen-bond donors (Lipinski definition) is 1. The molecule has 0 saturated carbocycles. The van der Waals surface area contributed by atoms with Gasteiger partial charge < -0.3 is 9.52 Å². The molecule has 0 spiro atoms. The summed E-state index contributed by atoms with van der Waals surface area (Å²) in [5.74, 6) is -1.70. The van der Waals surface area contributed by atoms with Gasteiger partial charge >= 0.3 is 0 Å². The van der Waals surface area contributed by atoms with Crippen LogP contribution in [0, 0.1) is 6.92 Å². The average Bonchev–Trinajstić information content (AvgIpc) is 3.30. The summed E-state index contributed by atoms with van der Waals surface area (Å²) in [6.45, 7) is 1.92. The number of hydrogen-bond acceptors (Lipinski definition) is 4. The summed E-state index contributed by atoms with van der Waals surface area (Å²) in [6.07, 6.45) is 1.38. The van der Waals surface area contributed by atoms with Crippen molar-refractivity contribution >= 4 is 29.0 Å². The van der Waals surface area contributed by atoms with Crippen LogP contribution < -0.4 is 4.90 Å². The average molecular weight is 394 g/mol. The zero-order chi connectivity index (χ0) is 19.8. The van der Waals surface area contributed by atoms with E-state index in [2.05, 4.69) is 0 Å². The van der Waals surface area contributed by atoms with E-state index in [9.17, 15) is 14.7 Å². The van der Waals surface area contributed by atoms with Gasteiger partial charge in [-0.25, -0.2) is 0 Å². The van der Waals surface area contributed by atoms with Gasteiger partial charge in [0.1, 0.15) is 0 Å². The second-order valence-corrected chi connectivity index (χ2v) is 6.97. The Kier molecular flexibility index (Phi) is 4.53. The fraction of sp³-hybridized carbons (Fsp3) is 0.0909. The molecule has 1 aromatic heterocycles. The standard InChI is InChI=1S/C22H16ClNO4/c1-13-4-2-5-14(12-13)19-18(20(25)17-6-3-11-28-17)21(26)22(27)24(19)16-9-7-15(23)8-10-16/h2-12,19,26H,1H3. The molecule has 2 aromatic carbocycles. The second kappa shape index (κ2) is 7.02.